The van der Waals surface area contributed by atoms with Gasteiger partial charge in [-0.1, -0.05) is 24.3 Å². The fraction of sp³-hybridized carbons (Fsp3) is 0.167. The molecule has 4 aromatic rings. The highest BCUT2D eigenvalue weighted by Gasteiger charge is 2.09. The number of nitrogens with one attached hydrogen (secondary N) is 3. The topological polar surface area (TPSA) is 69.8 Å². The number of para-hydroxylation sites is 1. The second kappa shape index (κ2) is 8.19. The molecule has 5 heteroatoms. The van der Waals surface area contributed by atoms with Crippen LogP contribution in [0, 0.1) is 13.8 Å². The Bertz CT molecular complexity index is 1140. The van der Waals surface area contributed by atoms with E-state index in [9.17, 15) is 4.79 Å². The number of benzene rings is 2. The fourth-order valence-corrected chi connectivity index (χ4v) is 3.59. The highest BCUT2D eigenvalue weighted by Crippen LogP contribution is 2.19. The van der Waals surface area contributed by atoms with Gasteiger partial charge in [-0.25, -0.2) is 0 Å². The molecule has 146 valence electrons. The average Bonchev–Trinajstić information content (AvgIpc) is 3.11. The van der Waals surface area contributed by atoms with Gasteiger partial charge in [0.15, 0.2) is 0 Å². The van der Waals surface area contributed by atoms with Crippen molar-refractivity contribution in [1.82, 2.24) is 9.97 Å². The summed E-state index contributed by atoms with van der Waals surface area (Å²) in [6, 6.07) is 17.9. The quantitative estimate of drug-likeness (QED) is 0.434. The summed E-state index contributed by atoms with van der Waals surface area (Å²) in [6.07, 6.45) is 4.60. The van der Waals surface area contributed by atoms with Crippen molar-refractivity contribution in [2.24, 2.45) is 0 Å². The summed E-state index contributed by atoms with van der Waals surface area (Å²) in [5.41, 5.74) is 6.70. The Labute approximate surface area is 170 Å². The van der Waals surface area contributed by atoms with Gasteiger partial charge in [-0.2, -0.15) is 0 Å². The number of carbonyl (C=O) groups is 1. The normalized spacial score (nSPS) is 10.8. The van der Waals surface area contributed by atoms with Crippen LogP contribution < -0.4 is 10.6 Å². The molecule has 5 nitrogen and oxygen atoms in total. The monoisotopic (exact) mass is 384 g/mol. The molecule has 1 amide bonds. The maximum absolute atomic E-state index is 12.6. The summed E-state index contributed by atoms with van der Waals surface area (Å²) in [4.78, 5) is 20.1. The largest absolute Gasteiger partial charge is 0.385 e. The molecule has 0 spiro atoms. The Morgan fingerprint density at radius 3 is 2.62 bits per heavy atom. The van der Waals surface area contributed by atoms with E-state index < -0.39 is 0 Å². The van der Waals surface area contributed by atoms with Gasteiger partial charge in [-0.05, 0) is 67.3 Å². The highest BCUT2D eigenvalue weighted by atomic mass is 16.1. The Kier molecular flexibility index (Phi) is 5.29. The Balaban J connectivity index is 1.39. The third-order valence-electron chi connectivity index (χ3n) is 4.87. The third kappa shape index (κ3) is 4.46. The minimum Gasteiger partial charge on any atom is -0.385 e. The van der Waals surface area contributed by atoms with E-state index in [1.165, 1.54) is 10.9 Å². The maximum Gasteiger partial charge on any atom is 0.274 e. The average molecular weight is 384 g/mol. The number of nitrogens with zero attached hydrogens (tertiary/aromatic N) is 1. The van der Waals surface area contributed by atoms with E-state index in [-0.39, 0.29) is 5.91 Å². The second-order valence-electron chi connectivity index (χ2n) is 7.30. The molecule has 4 rings (SSSR count). The van der Waals surface area contributed by atoms with Gasteiger partial charge in [0.2, 0.25) is 0 Å². The smallest absolute Gasteiger partial charge is 0.274 e. The van der Waals surface area contributed by atoms with Crippen LogP contribution in [0.1, 0.15) is 27.2 Å². The summed E-state index contributed by atoms with van der Waals surface area (Å²) in [5.74, 6) is -0.213. The lowest BCUT2D eigenvalue weighted by Crippen LogP contribution is -2.14. The van der Waals surface area contributed by atoms with E-state index in [0.29, 0.717) is 5.69 Å². The number of aromatic nitrogens is 2. The van der Waals surface area contributed by atoms with Crippen molar-refractivity contribution in [3.8, 4) is 0 Å². The molecular weight excluding hydrogens is 360 g/mol. The zero-order valence-electron chi connectivity index (χ0n) is 16.6. The summed E-state index contributed by atoms with van der Waals surface area (Å²) in [6.45, 7) is 4.79. The lowest BCUT2D eigenvalue weighted by Gasteiger charge is -2.09. The van der Waals surface area contributed by atoms with E-state index >= 15 is 0 Å². The van der Waals surface area contributed by atoms with Gasteiger partial charge in [0.1, 0.15) is 5.69 Å². The van der Waals surface area contributed by atoms with Crippen molar-refractivity contribution in [2.75, 3.05) is 17.2 Å². The first-order chi connectivity index (χ1) is 14.1. The second-order valence-corrected chi connectivity index (χ2v) is 7.30. The van der Waals surface area contributed by atoms with Crippen molar-refractivity contribution in [2.45, 2.75) is 20.3 Å². The van der Waals surface area contributed by atoms with Crippen molar-refractivity contribution in [3.05, 3.63) is 89.4 Å². The molecule has 0 bridgehead atoms. The van der Waals surface area contributed by atoms with E-state index in [1.807, 2.05) is 38.1 Å². The molecule has 0 saturated carbocycles. The van der Waals surface area contributed by atoms with Crippen LogP contribution in [0.15, 0.2) is 67.0 Å². The first-order valence-electron chi connectivity index (χ1n) is 9.73. The molecule has 0 unspecified atom stereocenters. The molecule has 0 aliphatic heterocycles. The van der Waals surface area contributed by atoms with Gasteiger partial charge >= 0.3 is 0 Å². The van der Waals surface area contributed by atoms with Crippen LogP contribution in [-0.2, 0) is 6.42 Å². The molecule has 0 saturated heterocycles. The van der Waals surface area contributed by atoms with Gasteiger partial charge in [0.05, 0.1) is 0 Å². The molecule has 0 atom stereocenters. The van der Waals surface area contributed by atoms with Crippen LogP contribution in [0.25, 0.3) is 10.9 Å². The molecule has 0 fully saturated rings. The third-order valence-corrected chi connectivity index (χ3v) is 4.87. The number of rotatable bonds is 6. The van der Waals surface area contributed by atoms with Gasteiger partial charge in [-0.3, -0.25) is 9.78 Å². The van der Waals surface area contributed by atoms with Gasteiger partial charge in [0, 0.05) is 41.2 Å². The van der Waals surface area contributed by atoms with Crippen LogP contribution in [0.3, 0.4) is 0 Å². The molecule has 2 aromatic heterocycles. The number of carbonyl (C=O) groups excluding carboxylic acids is 1. The van der Waals surface area contributed by atoms with Crippen molar-refractivity contribution in [3.63, 3.8) is 0 Å². The Morgan fingerprint density at radius 1 is 1.00 bits per heavy atom. The van der Waals surface area contributed by atoms with Gasteiger partial charge in [-0.15, -0.1) is 0 Å². The van der Waals surface area contributed by atoms with Crippen LogP contribution in [-0.4, -0.2) is 22.4 Å². The number of amides is 1. The minimum absolute atomic E-state index is 0.213. The number of hydrogen-bond donors (Lipinski definition) is 3. The fourth-order valence-electron chi connectivity index (χ4n) is 3.59. The SMILES string of the molecule is Cc1cc(C)cc(NC(=O)c2cc(NCCc3c[nH]c4ccccc34)ccn2)c1. The molecule has 0 aliphatic carbocycles. The summed E-state index contributed by atoms with van der Waals surface area (Å²) >= 11 is 0. The highest BCUT2D eigenvalue weighted by molar-refractivity contribution is 6.03. The number of fused-ring (bicyclic) bond motifs is 1. The molecule has 29 heavy (non-hydrogen) atoms. The molecule has 2 heterocycles. The minimum atomic E-state index is -0.213. The summed E-state index contributed by atoms with van der Waals surface area (Å²) < 4.78 is 0. The van der Waals surface area contributed by atoms with E-state index in [0.717, 1.165) is 41.0 Å². The van der Waals surface area contributed by atoms with Gasteiger partial charge in [0.25, 0.3) is 5.91 Å². The molecule has 0 aliphatic rings. The molecule has 2 aromatic carbocycles. The molecular formula is C24H24N4O. The first-order valence-corrected chi connectivity index (χ1v) is 9.73. The summed E-state index contributed by atoms with van der Waals surface area (Å²) in [7, 11) is 0. The number of pyridine rings is 1. The lowest BCUT2D eigenvalue weighted by atomic mass is 10.1. The van der Waals surface area contributed by atoms with Crippen LogP contribution >= 0.6 is 0 Å². The number of hydrogen-bond acceptors (Lipinski definition) is 3. The predicted molar refractivity (Wildman–Crippen MR) is 119 cm³/mol. The van der Waals surface area contributed by atoms with Crippen molar-refractivity contribution in [1.29, 1.82) is 0 Å². The van der Waals surface area contributed by atoms with Gasteiger partial charge < -0.3 is 15.6 Å². The van der Waals surface area contributed by atoms with Crippen LogP contribution in [0.4, 0.5) is 11.4 Å². The molecule has 3 N–H and O–H groups in total. The maximum atomic E-state index is 12.6. The van der Waals surface area contributed by atoms with Crippen LogP contribution in [0.2, 0.25) is 0 Å². The Morgan fingerprint density at radius 2 is 1.79 bits per heavy atom. The Hall–Kier alpha value is -3.60. The predicted octanol–water partition coefficient (Wildman–Crippen LogP) is 5.09. The number of anilines is 2. The zero-order chi connectivity index (χ0) is 20.2. The molecule has 0 radical (unpaired) electrons. The summed E-state index contributed by atoms with van der Waals surface area (Å²) in [5, 5.41) is 7.57. The lowest BCUT2D eigenvalue weighted by molar-refractivity contribution is 0.102. The van der Waals surface area contributed by atoms with E-state index in [1.54, 1.807) is 12.3 Å². The van der Waals surface area contributed by atoms with Crippen LogP contribution in [0.5, 0.6) is 0 Å². The zero-order valence-corrected chi connectivity index (χ0v) is 16.6. The van der Waals surface area contributed by atoms with Crippen molar-refractivity contribution >= 4 is 28.2 Å². The number of aromatic amines is 1. The number of H-pyrrole nitrogens is 1. The van der Waals surface area contributed by atoms with E-state index in [4.69, 9.17) is 0 Å². The van der Waals surface area contributed by atoms with E-state index in [2.05, 4.69) is 51.1 Å². The van der Waals surface area contributed by atoms with Crippen molar-refractivity contribution < 1.29 is 4.79 Å². The first kappa shape index (κ1) is 18.7. The standard InChI is InChI=1S/C24H24N4O/c1-16-11-17(2)13-20(12-16)28-24(29)23-14-19(8-10-26-23)25-9-7-18-15-27-22-6-4-3-5-21(18)22/h3-6,8,10-15,27H,7,9H2,1-2H3,(H,25,26)(H,28,29). The number of aryl methyl sites for hydroxylation is 2.